The summed E-state index contributed by atoms with van der Waals surface area (Å²) in [5, 5.41) is 2.93. The maximum Gasteiger partial charge on any atom is 0.224 e. The third-order valence-corrected chi connectivity index (χ3v) is 4.57. The van der Waals surface area contributed by atoms with E-state index in [4.69, 9.17) is 14.2 Å². The maximum absolute atomic E-state index is 12.3. The van der Waals surface area contributed by atoms with Gasteiger partial charge >= 0.3 is 0 Å². The van der Waals surface area contributed by atoms with Crippen molar-refractivity contribution in [3.63, 3.8) is 0 Å². The van der Waals surface area contributed by atoms with Crippen LogP contribution in [-0.2, 0) is 17.6 Å². The first kappa shape index (κ1) is 21.8. The molecule has 160 valence electrons. The van der Waals surface area contributed by atoms with Gasteiger partial charge in [0.05, 0.1) is 20.6 Å². The Bertz CT molecular complexity index is 1030. The molecule has 31 heavy (non-hydrogen) atoms. The minimum Gasteiger partial charge on any atom is -0.497 e. The Labute approximate surface area is 181 Å². The molecule has 7 heteroatoms. The molecule has 1 heterocycles. The van der Waals surface area contributed by atoms with Crippen molar-refractivity contribution in [3.05, 3.63) is 77.5 Å². The van der Waals surface area contributed by atoms with E-state index in [0.29, 0.717) is 35.8 Å². The van der Waals surface area contributed by atoms with Gasteiger partial charge in [-0.05, 0) is 47.9 Å². The Hall–Kier alpha value is -3.87. The summed E-state index contributed by atoms with van der Waals surface area (Å²) in [5.41, 5.74) is 2.36. The number of carbonyl (C=O) groups excluding carboxylic acids is 2. The number of aldehydes is 1. The van der Waals surface area contributed by atoms with Crippen molar-refractivity contribution in [2.75, 3.05) is 20.8 Å². The average Bonchev–Trinajstić information content (AvgIpc) is 2.80. The number of methoxy groups -OCH3 is 2. The van der Waals surface area contributed by atoms with E-state index < -0.39 is 0 Å². The predicted octanol–water partition coefficient (Wildman–Crippen LogP) is 3.61. The van der Waals surface area contributed by atoms with E-state index in [-0.39, 0.29) is 12.3 Å². The highest BCUT2D eigenvalue weighted by Gasteiger charge is 2.10. The summed E-state index contributed by atoms with van der Waals surface area (Å²) in [6.45, 7) is 0.535. The third-order valence-electron chi connectivity index (χ3n) is 4.57. The molecule has 2 aromatic carbocycles. The summed E-state index contributed by atoms with van der Waals surface area (Å²) in [7, 11) is 3.16. The molecule has 0 fully saturated rings. The number of amides is 1. The van der Waals surface area contributed by atoms with Crippen LogP contribution in [0.2, 0.25) is 0 Å². The van der Waals surface area contributed by atoms with Crippen molar-refractivity contribution in [2.24, 2.45) is 0 Å². The Morgan fingerprint density at radius 2 is 1.87 bits per heavy atom. The van der Waals surface area contributed by atoms with Crippen LogP contribution < -0.4 is 19.5 Å². The second-order valence-electron chi connectivity index (χ2n) is 6.76. The van der Waals surface area contributed by atoms with Gasteiger partial charge in [-0.1, -0.05) is 18.2 Å². The van der Waals surface area contributed by atoms with Crippen LogP contribution in [-0.4, -0.2) is 37.9 Å². The fourth-order valence-electron chi connectivity index (χ4n) is 2.96. The first-order valence-electron chi connectivity index (χ1n) is 9.77. The molecule has 0 aliphatic carbocycles. The molecule has 7 nitrogen and oxygen atoms in total. The third kappa shape index (κ3) is 6.30. The van der Waals surface area contributed by atoms with Crippen LogP contribution in [0.4, 0.5) is 0 Å². The number of carbonyl (C=O) groups is 2. The molecular formula is C24H24N2O5. The zero-order chi connectivity index (χ0) is 22.1. The summed E-state index contributed by atoms with van der Waals surface area (Å²) in [4.78, 5) is 27.1. The second kappa shape index (κ2) is 10.8. The quantitative estimate of drug-likeness (QED) is 0.504. The molecule has 1 aromatic heterocycles. The highest BCUT2D eigenvalue weighted by atomic mass is 16.5. The Balaban J connectivity index is 1.55. The zero-order valence-corrected chi connectivity index (χ0v) is 17.5. The molecule has 0 bridgehead atoms. The van der Waals surface area contributed by atoms with Gasteiger partial charge in [0.15, 0.2) is 17.8 Å². The van der Waals surface area contributed by atoms with Gasteiger partial charge in [-0.3, -0.25) is 9.59 Å². The van der Waals surface area contributed by atoms with E-state index in [1.165, 1.54) is 13.3 Å². The fraction of sp³-hybridized carbons (Fsp3) is 0.208. The lowest BCUT2D eigenvalue weighted by molar-refractivity contribution is -0.120. The van der Waals surface area contributed by atoms with Gasteiger partial charge in [0, 0.05) is 24.4 Å². The number of hydrogen-bond donors (Lipinski definition) is 1. The highest BCUT2D eigenvalue weighted by molar-refractivity contribution is 5.78. The summed E-state index contributed by atoms with van der Waals surface area (Å²) in [6.07, 6.45) is 3.09. The summed E-state index contributed by atoms with van der Waals surface area (Å²) >= 11 is 0. The monoisotopic (exact) mass is 420 g/mol. The molecule has 3 rings (SSSR count). The van der Waals surface area contributed by atoms with E-state index in [9.17, 15) is 9.59 Å². The van der Waals surface area contributed by atoms with Crippen molar-refractivity contribution >= 4 is 12.2 Å². The minimum atomic E-state index is -0.0789. The van der Waals surface area contributed by atoms with Crippen LogP contribution in [0.5, 0.6) is 23.1 Å². The Morgan fingerprint density at radius 1 is 1.00 bits per heavy atom. The first-order chi connectivity index (χ1) is 15.1. The van der Waals surface area contributed by atoms with Crippen molar-refractivity contribution in [1.82, 2.24) is 10.3 Å². The molecule has 0 saturated heterocycles. The second-order valence-corrected chi connectivity index (χ2v) is 6.76. The number of ether oxygens (including phenoxy) is 3. The number of nitrogens with one attached hydrogen (secondary N) is 1. The van der Waals surface area contributed by atoms with Gasteiger partial charge in [-0.2, -0.15) is 0 Å². The molecule has 3 aromatic rings. The molecule has 1 amide bonds. The minimum absolute atomic E-state index is 0.0789. The molecule has 0 spiro atoms. The lowest BCUT2D eigenvalue weighted by Gasteiger charge is -2.12. The highest BCUT2D eigenvalue weighted by Crippen LogP contribution is 2.31. The van der Waals surface area contributed by atoms with E-state index in [2.05, 4.69) is 10.3 Å². The predicted molar refractivity (Wildman–Crippen MR) is 116 cm³/mol. The molecule has 1 N–H and O–H groups in total. The van der Waals surface area contributed by atoms with Gasteiger partial charge in [0.1, 0.15) is 5.75 Å². The molecule has 0 saturated carbocycles. The first-order valence-corrected chi connectivity index (χ1v) is 9.77. The van der Waals surface area contributed by atoms with Crippen molar-refractivity contribution in [1.29, 1.82) is 0 Å². The summed E-state index contributed by atoms with van der Waals surface area (Å²) in [5.74, 6) is 2.02. The van der Waals surface area contributed by atoms with E-state index >= 15 is 0 Å². The van der Waals surface area contributed by atoms with E-state index in [1.807, 2.05) is 24.3 Å². The number of benzene rings is 2. The smallest absolute Gasteiger partial charge is 0.224 e. The van der Waals surface area contributed by atoms with Gasteiger partial charge < -0.3 is 19.5 Å². The van der Waals surface area contributed by atoms with Gasteiger partial charge in [0.25, 0.3) is 0 Å². The van der Waals surface area contributed by atoms with Crippen LogP contribution in [0.1, 0.15) is 21.5 Å². The van der Waals surface area contributed by atoms with Crippen molar-refractivity contribution < 1.29 is 23.8 Å². The maximum atomic E-state index is 12.3. The summed E-state index contributed by atoms with van der Waals surface area (Å²) in [6, 6.07) is 16.3. The molecule has 0 atom stereocenters. The zero-order valence-electron chi connectivity index (χ0n) is 17.5. The number of hydrogen-bond acceptors (Lipinski definition) is 6. The van der Waals surface area contributed by atoms with Gasteiger partial charge in [-0.15, -0.1) is 0 Å². The molecule has 0 unspecified atom stereocenters. The Kier molecular flexibility index (Phi) is 7.59. The van der Waals surface area contributed by atoms with Crippen LogP contribution in [0.25, 0.3) is 0 Å². The fourth-order valence-corrected chi connectivity index (χ4v) is 2.96. The van der Waals surface area contributed by atoms with Crippen LogP contribution >= 0.6 is 0 Å². The average molecular weight is 420 g/mol. The lowest BCUT2D eigenvalue weighted by Crippen LogP contribution is -2.27. The number of pyridine rings is 1. The number of rotatable bonds is 10. The lowest BCUT2D eigenvalue weighted by atomic mass is 10.1. The molecule has 0 aliphatic rings. The number of nitrogens with zero attached hydrogens (tertiary/aromatic N) is 1. The Morgan fingerprint density at radius 3 is 2.58 bits per heavy atom. The van der Waals surface area contributed by atoms with E-state index in [1.54, 1.807) is 37.4 Å². The normalized spacial score (nSPS) is 10.3. The van der Waals surface area contributed by atoms with Gasteiger partial charge in [-0.25, -0.2) is 4.98 Å². The van der Waals surface area contributed by atoms with Crippen LogP contribution in [0, 0.1) is 0 Å². The van der Waals surface area contributed by atoms with Crippen molar-refractivity contribution in [2.45, 2.75) is 12.8 Å². The molecule has 0 radical (unpaired) electrons. The molecular weight excluding hydrogens is 396 g/mol. The van der Waals surface area contributed by atoms with Crippen LogP contribution in [0.15, 0.2) is 60.8 Å². The topological polar surface area (TPSA) is 86.8 Å². The number of aromatic nitrogens is 1. The standard InChI is InChI=1S/C24H24N2O5/c1-29-20-5-3-4-17(12-20)10-11-25-23(28)14-18-6-8-21(22(13-18)30-2)31-24-9-7-19(16-27)15-26-24/h3-9,12-13,15-16H,10-11,14H2,1-2H3,(H,25,28). The molecule has 0 aliphatic heterocycles. The van der Waals surface area contributed by atoms with Gasteiger partial charge in [0.2, 0.25) is 11.8 Å². The van der Waals surface area contributed by atoms with Crippen molar-refractivity contribution in [3.8, 4) is 23.1 Å². The SMILES string of the molecule is COc1cccc(CCNC(=O)Cc2ccc(Oc3ccc(C=O)cn3)c(OC)c2)c1. The summed E-state index contributed by atoms with van der Waals surface area (Å²) < 4.78 is 16.3. The largest absolute Gasteiger partial charge is 0.497 e. The van der Waals surface area contributed by atoms with E-state index in [0.717, 1.165) is 23.3 Å². The van der Waals surface area contributed by atoms with Crippen LogP contribution in [0.3, 0.4) is 0 Å².